The topological polar surface area (TPSA) is 146 Å². The first-order chi connectivity index (χ1) is 14.4. The molecular weight excluding hydrogens is 394 g/mol. The van der Waals surface area contributed by atoms with E-state index in [1.54, 1.807) is 0 Å². The number of hydrogen-bond acceptors (Lipinski definition) is 7. The molecule has 2 aliphatic rings. The van der Waals surface area contributed by atoms with Crippen molar-refractivity contribution in [2.75, 3.05) is 6.61 Å². The molecular formula is C21H21NO8. The predicted molar refractivity (Wildman–Crippen MR) is 103 cm³/mol. The highest BCUT2D eigenvalue weighted by molar-refractivity contribution is 5.79. The van der Waals surface area contributed by atoms with E-state index in [9.17, 15) is 24.9 Å². The highest BCUT2D eigenvalue weighted by atomic mass is 16.6. The maximum atomic E-state index is 12.3. The molecule has 1 aliphatic carbocycles. The summed E-state index contributed by atoms with van der Waals surface area (Å²) < 4.78 is 10.1. The van der Waals surface area contributed by atoms with Gasteiger partial charge in [-0.05, 0) is 22.3 Å². The lowest BCUT2D eigenvalue weighted by Crippen LogP contribution is -2.65. The molecule has 9 heteroatoms. The lowest BCUT2D eigenvalue weighted by Gasteiger charge is -2.38. The van der Waals surface area contributed by atoms with Crippen LogP contribution in [0.2, 0.25) is 0 Å². The number of alkyl carbamates (subject to hydrolysis) is 1. The standard InChI is InChI=1S/C21H21NO8/c23-16-15(20(27)30-18(17(16)24)19(25)26)22-21(28)29-9-14-12-7-3-1-5-10(12)11-6-2-4-8-13(11)14/h1-8,14-18,20,23-24,27H,9H2,(H,22,28)(H,25,26)/t15-,16-,17+,18+,20+/m1/s1. The normalized spacial score (nSPS) is 27.8. The number of aliphatic hydroxyl groups excluding tert-OH is 3. The van der Waals surface area contributed by atoms with Gasteiger partial charge in [-0.1, -0.05) is 48.5 Å². The molecule has 1 amide bonds. The molecule has 5 atom stereocenters. The maximum absolute atomic E-state index is 12.3. The average Bonchev–Trinajstić information content (AvgIpc) is 3.06. The van der Waals surface area contributed by atoms with Crippen molar-refractivity contribution in [3.8, 4) is 11.1 Å². The molecule has 2 aromatic carbocycles. The molecule has 1 fully saturated rings. The monoisotopic (exact) mass is 415 g/mol. The van der Waals surface area contributed by atoms with E-state index in [2.05, 4.69) is 5.32 Å². The number of carbonyl (C=O) groups excluding carboxylic acids is 1. The van der Waals surface area contributed by atoms with Crippen molar-refractivity contribution < 1.29 is 39.5 Å². The molecule has 5 N–H and O–H groups in total. The molecule has 9 nitrogen and oxygen atoms in total. The molecule has 1 aliphatic heterocycles. The molecule has 30 heavy (non-hydrogen) atoms. The van der Waals surface area contributed by atoms with Crippen LogP contribution in [0.3, 0.4) is 0 Å². The summed E-state index contributed by atoms with van der Waals surface area (Å²) in [7, 11) is 0. The molecule has 1 saturated heterocycles. The first-order valence-electron chi connectivity index (χ1n) is 9.42. The second-order valence-corrected chi connectivity index (χ2v) is 7.26. The number of carboxylic acid groups (broad SMARTS) is 1. The van der Waals surface area contributed by atoms with Gasteiger partial charge < -0.3 is 35.2 Å². The minimum Gasteiger partial charge on any atom is -0.479 e. The van der Waals surface area contributed by atoms with Gasteiger partial charge in [-0.15, -0.1) is 0 Å². The van der Waals surface area contributed by atoms with Crippen molar-refractivity contribution in [2.24, 2.45) is 0 Å². The van der Waals surface area contributed by atoms with E-state index >= 15 is 0 Å². The number of hydrogen-bond donors (Lipinski definition) is 5. The Kier molecular flexibility index (Phi) is 5.44. The SMILES string of the molecule is O=C(N[C@@H]1[C@@H](O)[C@H](O)[C@@H](C(=O)O)O[C@@H]1O)OCC1c2ccccc2-c2ccccc21. The number of amides is 1. The van der Waals surface area contributed by atoms with E-state index in [1.165, 1.54) is 0 Å². The van der Waals surface area contributed by atoms with E-state index in [0.717, 1.165) is 22.3 Å². The summed E-state index contributed by atoms with van der Waals surface area (Å²) in [6.45, 7) is 0.0138. The number of nitrogens with one attached hydrogen (secondary N) is 1. The van der Waals surface area contributed by atoms with Crippen LogP contribution < -0.4 is 5.32 Å². The number of fused-ring (bicyclic) bond motifs is 3. The van der Waals surface area contributed by atoms with Gasteiger partial charge in [0.1, 0.15) is 24.9 Å². The Hall–Kier alpha value is -2.98. The van der Waals surface area contributed by atoms with Crippen LogP contribution >= 0.6 is 0 Å². The van der Waals surface area contributed by atoms with E-state index in [-0.39, 0.29) is 12.5 Å². The quantitative estimate of drug-likeness (QED) is 0.483. The van der Waals surface area contributed by atoms with Crippen molar-refractivity contribution in [1.82, 2.24) is 5.32 Å². The van der Waals surface area contributed by atoms with Crippen LogP contribution in [0.15, 0.2) is 48.5 Å². The second-order valence-electron chi connectivity index (χ2n) is 7.26. The maximum Gasteiger partial charge on any atom is 0.407 e. The summed E-state index contributed by atoms with van der Waals surface area (Å²) >= 11 is 0. The minimum absolute atomic E-state index is 0.0138. The second kappa shape index (κ2) is 8.04. The highest BCUT2D eigenvalue weighted by Gasteiger charge is 2.47. The van der Waals surface area contributed by atoms with Crippen LogP contribution in [0.1, 0.15) is 17.0 Å². The zero-order chi connectivity index (χ0) is 21.4. The third-order valence-corrected chi connectivity index (χ3v) is 5.49. The number of rotatable bonds is 4. The molecule has 0 saturated carbocycles. The van der Waals surface area contributed by atoms with Gasteiger partial charge in [-0.25, -0.2) is 9.59 Å². The van der Waals surface area contributed by atoms with Crippen LogP contribution in [0.25, 0.3) is 11.1 Å². The summed E-state index contributed by atoms with van der Waals surface area (Å²) in [5.74, 6) is -1.72. The molecule has 0 unspecified atom stereocenters. The predicted octanol–water partition coefficient (Wildman–Crippen LogP) is 0.417. The zero-order valence-electron chi connectivity index (χ0n) is 15.7. The number of carbonyl (C=O) groups is 2. The molecule has 0 spiro atoms. The van der Waals surface area contributed by atoms with Crippen LogP contribution in [-0.2, 0) is 14.3 Å². The summed E-state index contributed by atoms with van der Waals surface area (Å²) in [6.07, 6.45) is -8.16. The first kappa shape index (κ1) is 20.3. The Morgan fingerprint density at radius 2 is 1.50 bits per heavy atom. The van der Waals surface area contributed by atoms with Gasteiger partial charge in [-0.3, -0.25) is 0 Å². The smallest absolute Gasteiger partial charge is 0.407 e. The Bertz CT molecular complexity index is 918. The Morgan fingerprint density at radius 3 is 2.07 bits per heavy atom. The van der Waals surface area contributed by atoms with Gasteiger partial charge in [0.15, 0.2) is 12.4 Å². The summed E-state index contributed by atoms with van der Waals surface area (Å²) in [6, 6.07) is 14.2. The Labute approximate surface area is 171 Å². The van der Waals surface area contributed by atoms with E-state index < -0.39 is 42.7 Å². The molecule has 1 heterocycles. The fraction of sp³-hybridized carbons (Fsp3) is 0.333. The Balaban J connectivity index is 1.43. The summed E-state index contributed by atoms with van der Waals surface area (Å²) in [4.78, 5) is 23.3. The third-order valence-electron chi connectivity index (χ3n) is 5.49. The van der Waals surface area contributed by atoms with Crippen LogP contribution in [-0.4, -0.2) is 69.7 Å². The van der Waals surface area contributed by atoms with Gasteiger partial charge in [0, 0.05) is 5.92 Å². The summed E-state index contributed by atoms with van der Waals surface area (Å²) in [5.41, 5.74) is 4.17. The zero-order valence-corrected chi connectivity index (χ0v) is 15.7. The molecule has 4 rings (SSSR count). The van der Waals surface area contributed by atoms with Crippen LogP contribution in [0, 0.1) is 0 Å². The largest absolute Gasteiger partial charge is 0.479 e. The number of ether oxygens (including phenoxy) is 2. The Morgan fingerprint density at radius 1 is 0.933 bits per heavy atom. The van der Waals surface area contributed by atoms with Gasteiger partial charge in [0.25, 0.3) is 0 Å². The number of benzene rings is 2. The van der Waals surface area contributed by atoms with Crippen molar-refractivity contribution in [3.63, 3.8) is 0 Å². The lowest BCUT2D eigenvalue weighted by molar-refractivity contribution is -0.248. The average molecular weight is 415 g/mol. The molecule has 158 valence electrons. The highest BCUT2D eigenvalue weighted by Crippen LogP contribution is 2.44. The fourth-order valence-electron chi connectivity index (χ4n) is 4.01. The van der Waals surface area contributed by atoms with E-state index in [4.69, 9.17) is 14.6 Å². The number of aliphatic hydroxyl groups is 3. The van der Waals surface area contributed by atoms with Crippen LogP contribution in [0.4, 0.5) is 4.79 Å². The third kappa shape index (κ3) is 3.52. The fourth-order valence-corrected chi connectivity index (χ4v) is 4.01. The van der Waals surface area contributed by atoms with Crippen molar-refractivity contribution in [2.45, 2.75) is 36.6 Å². The number of carboxylic acids is 1. The van der Waals surface area contributed by atoms with Crippen molar-refractivity contribution >= 4 is 12.1 Å². The molecule has 0 radical (unpaired) electrons. The summed E-state index contributed by atoms with van der Waals surface area (Å²) in [5, 5.41) is 41.1. The van der Waals surface area contributed by atoms with Gasteiger partial charge in [0.05, 0.1) is 0 Å². The van der Waals surface area contributed by atoms with Gasteiger partial charge in [-0.2, -0.15) is 0 Å². The van der Waals surface area contributed by atoms with E-state index in [1.807, 2.05) is 48.5 Å². The van der Waals surface area contributed by atoms with Gasteiger partial charge in [0.2, 0.25) is 0 Å². The minimum atomic E-state index is -1.83. The van der Waals surface area contributed by atoms with Crippen molar-refractivity contribution in [3.05, 3.63) is 59.7 Å². The lowest BCUT2D eigenvalue weighted by atomic mass is 9.97. The first-order valence-corrected chi connectivity index (χ1v) is 9.42. The van der Waals surface area contributed by atoms with Gasteiger partial charge >= 0.3 is 12.1 Å². The molecule has 0 bridgehead atoms. The van der Waals surface area contributed by atoms with Crippen LogP contribution in [0.5, 0.6) is 0 Å². The van der Waals surface area contributed by atoms with E-state index in [0.29, 0.717) is 0 Å². The molecule has 0 aromatic heterocycles. The number of aliphatic carboxylic acids is 1. The molecule has 2 aromatic rings. The van der Waals surface area contributed by atoms with Crippen molar-refractivity contribution in [1.29, 1.82) is 0 Å².